The largest absolute Gasteiger partial charge is 0.464 e. The molecule has 0 saturated heterocycles. The predicted octanol–water partition coefficient (Wildman–Crippen LogP) is 1.72. The Balaban J connectivity index is 2.18. The van der Waals surface area contributed by atoms with Crippen molar-refractivity contribution >= 4 is 11.7 Å². The van der Waals surface area contributed by atoms with Crippen molar-refractivity contribution in [2.24, 2.45) is 5.73 Å². The predicted molar refractivity (Wildman–Crippen MR) is 72.2 cm³/mol. The number of nitrogens with two attached hydrogens (primary N) is 1. The van der Waals surface area contributed by atoms with E-state index in [0.717, 1.165) is 12.8 Å². The van der Waals surface area contributed by atoms with Crippen LogP contribution in [-0.4, -0.2) is 28.5 Å². The molecule has 2 rings (SSSR count). The van der Waals surface area contributed by atoms with Crippen LogP contribution in [-0.2, 0) is 0 Å². The lowest BCUT2D eigenvalue weighted by Crippen LogP contribution is -2.25. The highest BCUT2D eigenvalue weighted by Gasteiger charge is 2.18. The summed E-state index contributed by atoms with van der Waals surface area (Å²) in [4.78, 5) is 19.6. The molecule has 1 saturated carbocycles. The highest BCUT2D eigenvalue weighted by molar-refractivity contribution is 5.97. The second kappa shape index (κ2) is 6.36. The molecule has 1 aliphatic carbocycles. The van der Waals surface area contributed by atoms with Gasteiger partial charge in [-0.1, -0.05) is 19.3 Å². The van der Waals surface area contributed by atoms with Gasteiger partial charge >= 0.3 is 6.01 Å². The maximum absolute atomic E-state index is 11.4. The van der Waals surface area contributed by atoms with Crippen LogP contribution in [0, 0.1) is 0 Å². The molecule has 0 aliphatic heterocycles. The summed E-state index contributed by atoms with van der Waals surface area (Å²) >= 11 is 0. The fourth-order valence-corrected chi connectivity index (χ4v) is 2.29. The zero-order chi connectivity index (χ0) is 13.7. The smallest absolute Gasteiger partial charge is 0.318 e. The average Bonchev–Trinajstić information content (AvgIpc) is 2.40. The van der Waals surface area contributed by atoms with Gasteiger partial charge in [-0.25, -0.2) is 4.98 Å². The first-order valence-corrected chi connectivity index (χ1v) is 6.77. The van der Waals surface area contributed by atoms with Crippen molar-refractivity contribution in [3.63, 3.8) is 0 Å². The molecule has 0 spiro atoms. The van der Waals surface area contributed by atoms with E-state index in [1.165, 1.54) is 25.5 Å². The third-order valence-electron chi connectivity index (χ3n) is 3.25. The molecule has 0 bridgehead atoms. The van der Waals surface area contributed by atoms with Crippen LogP contribution in [0.2, 0.25) is 0 Å². The van der Waals surface area contributed by atoms with E-state index < -0.39 is 5.91 Å². The summed E-state index contributed by atoms with van der Waals surface area (Å²) in [5, 5.41) is 3.30. The Morgan fingerprint density at radius 1 is 1.47 bits per heavy atom. The molecule has 0 atom stereocenters. The summed E-state index contributed by atoms with van der Waals surface area (Å²) in [5.41, 5.74) is 5.66. The Labute approximate surface area is 112 Å². The highest BCUT2D eigenvalue weighted by atomic mass is 16.5. The summed E-state index contributed by atoms with van der Waals surface area (Å²) in [5.74, 6) is -0.0424. The summed E-state index contributed by atoms with van der Waals surface area (Å²) in [6.07, 6.45) is 7.28. The first-order valence-electron chi connectivity index (χ1n) is 6.77. The van der Waals surface area contributed by atoms with E-state index in [9.17, 15) is 4.79 Å². The minimum atomic E-state index is -0.527. The van der Waals surface area contributed by atoms with Crippen molar-refractivity contribution in [3.8, 4) is 6.01 Å². The molecule has 1 aromatic rings. The molecule has 0 aromatic carbocycles. The quantitative estimate of drug-likeness (QED) is 0.845. The number of nitrogens with one attached hydrogen (secondary N) is 1. The van der Waals surface area contributed by atoms with Crippen molar-refractivity contribution in [3.05, 3.63) is 11.8 Å². The van der Waals surface area contributed by atoms with E-state index >= 15 is 0 Å². The molecular formula is C13H20N4O2. The lowest BCUT2D eigenvalue weighted by Gasteiger charge is -2.24. The van der Waals surface area contributed by atoms with Gasteiger partial charge in [-0.15, -0.1) is 0 Å². The third-order valence-corrected chi connectivity index (χ3v) is 3.25. The summed E-state index contributed by atoms with van der Waals surface area (Å²) in [6, 6.07) is 0.613. The highest BCUT2D eigenvalue weighted by Crippen LogP contribution is 2.23. The normalized spacial score (nSPS) is 16.1. The minimum absolute atomic E-state index is 0.269. The van der Waals surface area contributed by atoms with Gasteiger partial charge in [0, 0.05) is 12.2 Å². The second-order valence-electron chi connectivity index (χ2n) is 4.69. The molecule has 1 aliphatic rings. The molecule has 1 heterocycles. The molecule has 1 aromatic heterocycles. The summed E-state index contributed by atoms with van der Waals surface area (Å²) in [6.45, 7) is 2.35. The summed E-state index contributed by atoms with van der Waals surface area (Å²) < 4.78 is 5.26. The number of nitrogens with zero attached hydrogens (tertiary/aromatic N) is 2. The molecule has 1 amide bonds. The van der Waals surface area contributed by atoms with Crippen LogP contribution < -0.4 is 15.8 Å². The van der Waals surface area contributed by atoms with Gasteiger partial charge in [-0.2, -0.15) is 4.98 Å². The molecule has 0 radical (unpaired) electrons. The number of carbonyl (C=O) groups is 1. The van der Waals surface area contributed by atoms with E-state index in [1.807, 2.05) is 6.92 Å². The molecule has 19 heavy (non-hydrogen) atoms. The van der Waals surface area contributed by atoms with Gasteiger partial charge in [0.15, 0.2) is 0 Å². The molecule has 3 N–H and O–H groups in total. The molecule has 1 fully saturated rings. The Morgan fingerprint density at radius 2 is 2.21 bits per heavy atom. The number of anilines is 1. The number of hydrogen-bond donors (Lipinski definition) is 2. The fourth-order valence-electron chi connectivity index (χ4n) is 2.29. The number of rotatable bonds is 5. The van der Waals surface area contributed by atoms with Crippen molar-refractivity contribution in [1.82, 2.24) is 9.97 Å². The van der Waals surface area contributed by atoms with E-state index in [0.29, 0.717) is 24.0 Å². The van der Waals surface area contributed by atoms with Crippen molar-refractivity contribution in [1.29, 1.82) is 0 Å². The topological polar surface area (TPSA) is 90.1 Å². The number of aromatic nitrogens is 2. The Morgan fingerprint density at radius 3 is 2.84 bits per heavy atom. The van der Waals surface area contributed by atoms with Crippen molar-refractivity contribution in [2.75, 3.05) is 11.9 Å². The fraction of sp³-hybridized carbons (Fsp3) is 0.615. The first-order chi connectivity index (χ1) is 9.20. The van der Waals surface area contributed by atoms with E-state index in [4.69, 9.17) is 10.5 Å². The zero-order valence-corrected chi connectivity index (χ0v) is 11.2. The number of amides is 1. The minimum Gasteiger partial charge on any atom is -0.464 e. The molecule has 0 unspecified atom stereocenters. The van der Waals surface area contributed by atoms with Crippen LogP contribution in [0.15, 0.2) is 6.20 Å². The Kier molecular flexibility index (Phi) is 4.54. The van der Waals surface area contributed by atoms with E-state index in [2.05, 4.69) is 15.3 Å². The molecule has 6 nitrogen and oxygen atoms in total. The van der Waals surface area contributed by atoms with Crippen LogP contribution >= 0.6 is 0 Å². The number of hydrogen-bond acceptors (Lipinski definition) is 5. The van der Waals surface area contributed by atoms with Gasteiger partial charge < -0.3 is 15.8 Å². The lowest BCUT2D eigenvalue weighted by molar-refractivity contribution is 0.1000. The second-order valence-corrected chi connectivity index (χ2v) is 4.69. The monoisotopic (exact) mass is 264 g/mol. The maximum Gasteiger partial charge on any atom is 0.318 e. The van der Waals surface area contributed by atoms with Gasteiger partial charge in [-0.05, 0) is 19.8 Å². The van der Waals surface area contributed by atoms with Gasteiger partial charge in [0.25, 0.3) is 5.91 Å². The average molecular weight is 264 g/mol. The Bertz CT molecular complexity index is 444. The zero-order valence-electron chi connectivity index (χ0n) is 11.2. The lowest BCUT2D eigenvalue weighted by atomic mass is 9.95. The number of carbonyl (C=O) groups excluding carboxylic acids is 1. The first kappa shape index (κ1) is 13.6. The van der Waals surface area contributed by atoms with Crippen LogP contribution in [0.4, 0.5) is 5.82 Å². The molecule has 6 heteroatoms. The van der Waals surface area contributed by atoms with Crippen molar-refractivity contribution in [2.45, 2.75) is 45.1 Å². The van der Waals surface area contributed by atoms with Gasteiger partial charge in [0.1, 0.15) is 11.4 Å². The van der Waals surface area contributed by atoms with Gasteiger partial charge in [0.2, 0.25) is 0 Å². The maximum atomic E-state index is 11.4. The number of primary amides is 1. The van der Waals surface area contributed by atoms with Gasteiger partial charge in [-0.3, -0.25) is 4.79 Å². The van der Waals surface area contributed by atoms with Gasteiger partial charge in [0.05, 0.1) is 6.61 Å². The molecule has 104 valence electrons. The van der Waals surface area contributed by atoms with E-state index in [1.54, 1.807) is 0 Å². The Hall–Kier alpha value is -1.85. The van der Waals surface area contributed by atoms with E-state index in [-0.39, 0.29) is 6.01 Å². The summed E-state index contributed by atoms with van der Waals surface area (Å²) in [7, 11) is 0. The van der Waals surface area contributed by atoms with Crippen LogP contribution in [0.3, 0.4) is 0 Å². The van der Waals surface area contributed by atoms with Crippen LogP contribution in [0.5, 0.6) is 6.01 Å². The van der Waals surface area contributed by atoms with Crippen LogP contribution in [0.25, 0.3) is 0 Å². The van der Waals surface area contributed by atoms with Crippen molar-refractivity contribution < 1.29 is 9.53 Å². The molecular weight excluding hydrogens is 244 g/mol. The standard InChI is InChI=1S/C13H20N4O2/c1-2-19-13-15-8-10(11(14)18)12(17-13)16-9-6-4-3-5-7-9/h8-9H,2-7H2,1H3,(H2,14,18)(H,15,16,17). The SMILES string of the molecule is CCOc1ncc(C(N)=O)c(NC2CCCCC2)n1. The third kappa shape index (κ3) is 3.56. The number of ether oxygens (including phenoxy) is 1. The van der Waals surface area contributed by atoms with Crippen LogP contribution in [0.1, 0.15) is 49.4 Å².